The van der Waals surface area contributed by atoms with Crippen molar-refractivity contribution >= 4 is 28.1 Å². The van der Waals surface area contributed by atoms with Gasteiger partial charge >= 0.3 is 0 Å². The zero-order valence-electron chi connectivity index (χ0n) is 23.4. The number of carbonyl (C=O) groups is 1. The van der Waals surface area contributed by atoms with Gasteiger partial charge in [0.15, 0.2) is 0 Å². The molecule has 0 radical (unpaired) electrons. The molecule has 3 aliphatic rings. The van der Waals surface area contributed by atoms with Crippen molar-refractivity contribution in [1.82, 2.24) is 9.88 Å². The molecule has 2 aromatic carbocycles. The van der Waals surface area contributed by atoms with E-state index in [2.05, 4.69) is 65.8 Å². The van der Waals surface area contributed by atoms with Crippen molar-refractivity contribution in [2.45, 2.75) is 45.6 Å². The minimum atomic E-state index is -0.0430. The second kappa shape index (κ2) is 11.2. The lowest BCUT2D eigenvalue weighted by Gasteiger charge is -2.39. The van der Waals surface area contributed by atoms with Gasteiger partial charge in [0, 0.05) is 49.4 Å². The number of carbonyl (C=O) groups excluding carboxylic acids is 1. The second-order valence-corrected chi connectivity index (χ2v) is 11.3. The molecule has 206 valence electrons. The van der Waals surface area contributed by atoms with E-state index in [9.17, 15) is 10.1 Å². The number of piperazine rings is 1. The smallest absolute Gasteiger partial charge is 0.246 e. The van der Waals surface area contributed by atoms with E-state index >= 15 is 0 Å². The molecule has 0 unspecified atom stereocenters. The summed E-state index contributed by atoms with van der Waals surface area (Å²) in [6.07, 6.45) is 7.01. The fraction of sp³-hybridized carbons (Fsp3) is 0.424. The van der Waals surface area contributed by atoms with Crippen LogP contribution in [-0.4, -0.2) is 55.1 Å². The minimum Gasteiger partial charge on any atom is -0.476 e. The molecule has 7 heteroatoms. The van der Waals surface area contributed by atoms with Gasteiger partial charge in [-0.1, -0.05) is 49.8 Å². The zero-order valence-corrected chi connectivity index (χ0v) is 23.4. The van der Waals surface area contributed by atoms with Gasteiger partial charge in [0.1, 0.15) is 11.6 Å². The predicted octanol–water partition coefficient (Wildman–Crippen LogP) is 5.38. The Morgan fingerprint density at radius 3 is 2.58 bits per heavy atom. The monoisotopic (exact) mass is 535 g/mol. The number of hydrogen-bond acceptors (Lipinski definition) is 6. The normalized spacial score (nSPS) is 17.6. The Balaban J connectivity index is 1.37. The second-order valence-electron chi connectivity index (χ2n) is 11.3. The first-order chi connectivity index (χ1) is 19.6. The molecule has 1 saturated carbocycles. The Morgan fingerprint density at radius 2 is 1.85 bits per heavy atom. The third-order valence-electron chi connectivity index (χ3n) is 8.85. The van der Waals surface area contributed by atoms with E-state index in [1.165, 1.54) is 53.8 Å². The molecule has 1 amide bonds. The van der Waals surface area contributed by atoms with Crippen LogP contribution in [0.1, 0.15) is 48.1 Å². The maximum atomic E-state index is 12.2. The predicted molar refractivity (Wildman–Crippen MR) is 159 cm³/mol. The first kappa shape index (κ1) is 26.2. The van der Waals surface area contributed by atoms with E-state index < -0.39 is 0 Å². The number of nitrogens with zero attached hydrogens (tertiary/aromatic N) is 5. The molecule has 0 N–H and O–H groups in total. The highest BCUT2D eigenvalue weighted by atomic mass is 16.5. The topological polar surface area (TPSA) is 72.7 Å². The number of hydrogen-bond donors (Lipinski definition) is 0. The molecule has 1 saturated heterocycles. The summed E-state index contributed by atoms with van der Waals surface area (Å²) in [4.78, 5) is 23.8. The zero-order chi connectivity index (χ0) is 27.6. The molecule has 3 heterocycles. The molecule has 7 nitrogen and oxygen atoms in total. The molecule has 2 fully saturated rings. The Bertz CT molecular complexity index is 1470. The fourth-order valence-corrected chi connectivity index (χ4v) is 6.72. The number of nitriles is 1. The number of amides is 1. The molecule has 2 aliphatic heterocycles. The van der Waals surface area contributed by atoms with Gasteiger partial charge in [-0.05, 0) is 55.2 Å². The number of aromatic nitrogens is 1. The standard InChI is InChI=1S/C33H37N5O2/c1-3-30(39)36-16-18-37(19-17-36)32-26-14-15-38(29-13-7-12-25-11-6-8-23(2)31(25)29)21-28(26)35-33(27(32)20-34)40-22-24-9-4-5-10-24/h3,6-8,11-13,24H,1,4-5,9-10,14-19,21-22H2,2H3. The Hall–Kier alpha value is -4.05. The lowest BCUT2D eigenvalue weighted by atomic mass is 9.96. The number of benzene rings is 2. The van der Waals surface area contributed by atoms with Gasteiger partial charge in [0.05, 0.1) is 24.5 Å². The molecular formula is C33H37N5O2. The van der Waals surface area contributed by atoms with Crippen molar-refractivity contribution in [3.63, 3.8) is 0 Å². The molecule has 6 rings (SSSR count). The largest absolute Gasteiger partial charge is 0.476 e. The Labute approximate surface area is 236 Å². The van der Waals surface area contributed by atoms with Crippen LogP contribution in [0.15, 0.2) is 49.1 Å². The molecule has 0 bridgehead atoms. The SMILES string of the molecule is C=CC(=O)N1CCN(c2c(C#N)c(OCC3CCCC3)nc3c2CCN(c2cccc4cccc(C)c24)C3)CC1. The van der Waals surface area contributed by atoms with Gasteiger partial charge < -0.3 is 19.4 Å². The average molecular weight is 536 g/mol. The molecule has 0 spiro atoms. The summed E-state index contributed by atoms with van der Waals surface area (Å²) in [5.41, 5.74) is 6.10. The van der Waals surface area contributed by atoms with Gasteiger partial charge in [0.2, 0.25) is 11.8 Å². The summed E-state index contributed by atoms with van der Waals surface area (Å²) in [7, 11) is 0. The summed E-state index contributed by atoms with van der Waals surface area (Å²) >= 11 is 0. The van der Waals surface area contributed by atoms with Crippen LogP contribution >= 0.6 is 0 Å². The number of pyridine rings is 1. The van der Waals surface area contributed by atoms with Crippen LogP contribution in [0, 0.1) is 24.2 Å². The Kier molecular flexibility index (Phi) is 7.34. The number of anilines is 2. The Morgan fingerprint density at radius 1 is 1.10 bits per heavy atom. The first-order valence-electron chi connectivity index (χ1n) is 14.6. The van der Waals surface area contributed by atoms with E-state index in [-0.39, 0.29) is 5.91 Å². The van der Waals surface area contributed by atoms with E-state index in [0.29, 0.717) is 56.7 Å². The summed E-state index contributed by atoms with van der Waals surface area (Å²) < 4.78 is 6.36. The van der Waals surface area contributed by atoms with E-state index in [1.54, 1.807) is 0 Å². The molecular weight excluding hydrogens is 498 g/mol. The van der Waals surface area contributed by atoms with Crippen LogP contribution in [0.4, 0.5) is 11.4 Å². The van der Waals surface area contributed by atoms with Crippen molar-refractivity contribution in [2.24, 2.45) is 5.92 Å². The van der Waals surface area contributed by atoms with Gasteiger partial charge in [-0.3, -0.25) is 4.79 Å². The van der Waals surface area contributed by atoms with Gasteiger partial charge in [-0.25, -0.2) is 4.98 Å². The fourth-order valence-electron chi connectivity index (χ4n) is 6.72. The van der Waals surface area contributed by atoms with Crippen LogP contribution in [0.2, 0.25) is 0 Å². The van der Waals surface area contributed by atoms with Gasteiger partial charge in [-0.15, -0.1) is 0 Å². The lowest BCUT2D eigenvalue weighted by molar-refractivity contribution is -0.126. The third kappa shape index (κ3) is 4.88. The maximum Gasteiger partial charge on any atom is 0.246 e. The number of aryl methyl sites for hydroxylation is 1. The summed E-state index contributed by atoms with van der Waals surface area (Å²) in [6, 6.07) is 15.4. The summed E-state index contributed by atoms with van der Waals surface area (Å²) in [5.74, 6) is 0.943. The number of ether oxygens (including phenoxy) is 1. The van der Waals surface area contributed by atoms with Crippen LogP contribution in [0.25, 0.3) is 10.8 Å². The van der Waals surface area contributed by atoms with Crippen LogP contribution in [0.5, 0.6) is 5.88 Å². The number of fused-ring (bicyclic) bond motifs is 2. The van der Waals surface area contributed by atoms with E-state index in [0.717, 1.165) is 29.9 Å². The van der Waals surface area contributed by atoms with Crippen LogP contribution < -0.4 is 14.5 Å². The highest BCUT2D eigenvalue weighted by Crippen LogP contribution is 2.40. The van der Waals surface area contributed by atoms with Crippen LogP contribution in [-0.2, 0) is 17.8 Å². The molecule has 3 aromatic rings. The number of rotatable bonds is 6. The van der Waals surface area contributed by atoms with E-state index in [1.807, 2.05) is 4.90 Å². The molecule has 1 aliphatic carbocycles. The van der Waals surface area contributed by atoms with Crippen molar-refractivity contribution in [1.29, 1.82) is 5.26 Å². The van der Waals surface area contributed by atoms with Crippen molar-refractivity contribution in [3.8, 4) is 11.9 Å². The summed E-state index contributed by atoms with van der Waals surface area (Å²) in [5, 5.41) is 12.9. The molecule has 1 aromatic heterocycles. The molecule has 40 heavy (non-hydrogen) atoms. The van der Waals surface area contributed by atoms with Crippen molar-refractivity contribution in [3.05, 3.63) is 71.4 Å². The third-order valence-corrected chi connectivity index (χ3v) is 8.85. The van der Waals surface area contributed by atoms with Gasteiger partial charge in [0.25, 0.3) is 0 Å². The highest BCUT2D eigenvalue weighted by Gasteiger charge is 2.32. The minimum absolute atomic E-state index is 0.0430. The quantitative estimate of drug-likeness (QED) is 0.395. The molecule has 0 atom stereocenters. The summed E-state index contributed by atoms with van der Waals surface area (Å²) in [6.45, 7) is 10.5. The maximum absolute atomic E-state index is 12.2. The highest BCUT2D eigenvalue weighted by molar-refractivity contribution is 5.97. The van der Waals surface area contributed by atoms with E-state index in [4.69, 9.17) is 9.72 Å². The van der Waals surface area contributed by atoms with Crippen molar-refractivity contribution < 1.29 is 9.53 Å². The average Bonchev–Trinajstić information content (AvgIpc) is 3.52. The van der Waals surface area contributed by atoms with Crippen LogP contribution in [0.3, 0.4) is 0 Å². The van der Waals surface area contributed by atoms with Crippen molar-refractivity contribution in [2.75, 3.05) is 49.1 Å². The lowest BCUT2D eigenvalue weighted by Crippen LogP contribution is -2.49. The van der Waals surface area contributed by atoms with Gasteiger partial charge in [-0.2, -0.15) is 5.26 Å². The first-order valence-corrected chi connectivity index (χ1v) is 14.6.